The molecule has 3 unspecified atom stereocenters. The molecule has 1 aromatic rings. The first-order valence-corrected chi connectivity index (χ1v) is 12.2. The number of ketones is 1. The van der Waals surface area contributed by atoms with Gasteiger partial charge in [0.15, 0.2) is 0 Å². The second-order valence-electron chi connectivity index (χ2n) is 9.57. The van der Waals surface area contributed by atoms with Gasteiger partial charge >= 0.3 is 12.0 Å². The second kappa shape index (κ2) is 14.2. The molecule has 1 aromatic carbocycles. The molecule has 2 rings (SSSR count). The van der Waals surface area contributed by atoms with Gasteiger partial charge in [-0.3, -0.25) is 24.6 Å². The van der Waals surface area contributed by atoms with E-state index in [9.17, 15) is 24.0 Å². The van der Waals surface area contributed by atoms with Gasteiger partial charge in [0.05, 0.1) is 6.04 Å². The summed E-state index contributed by atoms with van der Waals surface area (Å²) in [6, 6.07) is 6.24. The van der Waals surface area contributed by atoms with Crippen molar-refractivity contribution in [3.8, 4) is 0 Å². The molecule has 0 spiro atoms. The Morgan fingerprint density at radius 2 is 1.72 bits per heavy atom. The van der Waals surface area contributed by atoms with Crippen LogP contribution in [0.3, 0.4) is 0 Å². The summed E-state index contributed by atoms with van der Waals surface area (Å²) >= 11 is 0. The van der Waals surface area contributed by atoms with Gasteiger partial charge in [0, 0.05) is 6.54 Å². The number of Topliss-reactive ketones (excluding diaryl/α,β-unsaturated/α-hetero) is 1. The van der Waals surface area contributed by atoms with Crippen molar-refractivity contribution in [2.24, 2.45) is 11.8 Å². The van der Waals surface area contributed by atoms with Gasteiger partial charge in [-0.05, 0) is 36.7 Å². The van der Waals surface area contributed by atoms with E-state index in [-0.39, 0.29) is 24.9 Å². The molecule has 11 nitrogen and oxygen atoms in total. The quantitative estimate of drug-likeness (QED) is 0.298. The first kappa shape index (κ1) is 28.8. The molecule has 3 atom stereocenters. The monoisotopic (exact) mass is 503 g/mol. The molecule has 36 heavy (non-hydrogen) atoms. The van der Waals surface area contributed by atoms with E-state index in [0.717, 1.165) is 5.56 Å². The Bertz CT molecular complexity index is 921. The zero-order valence-electron chi connectivity index (χ0n) is 21.3. The number of amides is 4. The number of hydrazine groups is 1. The van der Waals surface area contributed by atoms with Crippen LogP contribution in [0.4, 0.5) is 4.79 Å². The van der Waals surface area contributed by atoms with Crippen molar-refractivity contribution < 1.29 is 28.7 Å². The van der Waals surface area contributed by atoms with Crippen molar-refractivity contribution in [2.45, 2.75) is 71.7 Å². The second-order valence-corrected chi connectivity index (χ2v) is 9.57. The van der Waals surface area contributed by atoms with Crippen LogP contribution in [-0.4, -0.2) is 54.3 Å². The van der Waals surface area contributed by atoms with E-state index in [1.165, 1.54) is 0 Å². The van der Waals surface area contributed by atoms with Gasteiger partial charge in [0.1, 0.15) is 18.7 Å². The minimum atomic E-state index is -0.988. The normalized spacial score (nSPS) is 17.9. The number of carbonyl (C=O) groups is 5. The molecular formula is C25H37N5O6. The lowest BCUT2D eigenvalue weighted by molar-refractivity contribution is -0.141. The number of nitrogens with one attached hydrogen (secondary N) is 5. The molecule has 1 heterocycles. The minimum Gasteiger partial charge on any atom is -0.445 e. The molecule has 0 aromatic heterocycles. The molecular weight excluding hydrogens is 466 g/mol. The average Bonchev–Trinajstić information content (AvgIpc) is 2.83. The molecule has 0 radical (unpaired) electrons. The summed E-state index contributed by atoms with van der Waals surface area (Å²) in [5.74, 6) is -2.95. The molecule has 5 N–H and O–H groups in total. The van der Waals surface area contributed by atoms with Crippen molar-refractivity contribution in [2.75, 3.05) is 6.54 Å². The molecule has 198 valence electrons. The number of alkyl carbamates (subject to hydrolysis) is 1. The standard InChI is InChI=1S/C25H37N5O6/c1-15(2)13-19(22(32)27-18-11-8-12-26-30-24(34)21(18)31)28-23(33)20(16(3)4)29-25(35)36-14-17-9-6-5-7-10-17/h5-7,9-10,15-16,18-20,26H,8,11-14H2,1-4H3,(H,27,32)(H,28,33)(H,29,35)(H,30,34). The fourth-order valence-corrected chi connectivity index (χ4v) is 3.69. The maximum atomic E-state index is 13.1. The van der Waals surface area contributed by atoms with Gasteiger partial charge in [-0.15, -0.1) is 0 Å². The van der Waals surface area contributed by atoms with Crippen LogP contribution in [0.2, 0.25) is 0 Å². The van der Waals surface area contributed by atoms with Gasteiger partial charge in [-0.2, -0.15) is 0 Å². The third kappa shape index (κ3) is 9.29. The summed E-state index contributed by atoms with van der Waals surface area (Å²) in [5, 5.41) is 7.90. The van der Waals surface area contributed by atoms with E-state index in [2.05, 4.69) is 26.8 Å². The molecule has 0 saturated carbocycles. The van der Waals surface area contributed by atoms with E-state index in [1.807, 2.05) is 44.2 Å². The highest BCUT2D eigenvalue weighted by molar-refractivity contribution is 6.38. The summed E-state index contributed by atoms with van der Waals surface area (Å²) < 4.78 is 5.23. The van der Waals surface area contributed by atoms with Gasteiger partial charge in [0.2, 0.25) is 17.6 Å². The summed E-state index contributed by atoms with van der Waals surface area (Å²) in [5.41, 5.74) is 5.73. The highest BCUT2D eigenvalue weighted by Crippen LogP contribution is 2.10. The Morgan fingerprint density at radius 3 is 2.36 bits per heavy atom. The summed E-state index contributed by atoms with van der Waals surface area (Å²) in [7, 11) is 0. The highest BCUT2D eigenvalue weighted by atomic mass is 16.5. The van der Waals surface area contributed by atoms with Crippen LogP contribution in [0, 0.1) is 11.8 Å². The van der Waals surface area contributed by atoms with E-state index < -0.39 is 47.7 Å². The number of hydrogen-bond acceptors (Lipinski definition) is 7. The summed E-state index contributed by atoms with van der Waals surface area (Å²) in [6.07, 6.45) is 0.395. The predicted octanol–water partition coefficient (Wildman–Crippen LogP) is 0.937. The summed E-state index contributed by atoms with van der Waals surface area (Å²) in [6.45, 7) is 7.82. The number of carbonyl (C=O) groups excluding carboxylic acids is 5. The molecule has 1 aliphatic heterocycles. The number of benzene rings is 1. The number of ether oxygens (including phenoxy) is 1. The Labute approximate surface area is 211 Å². The van der Waals surface area contributed by atoms with Crippen molar-refractivity contribution in [3.05, 3.63) is 35.9 Å². The van der Waals surface area contributed by atoms with Crippen LogP contribution < -0.4 is 26.8 Å². The van der Waals surface area contributed by atoms with Crippen molar-refractivity contribution >= 4 is 29.6 Å². The van der Waals surface area contributed by atoms with E-state index in [4.69, 9.17) is 4.74 Å². The van der Waals surface area contributed by atoms with Gasteiger partial charge in [-0.25, -0.2) is 10.2 Å². The number of hydrogen-bond donors (Lipinski definition) is 5. The average molecular weight is 504 g/mol. The number of rotatable bonds is 10. The third-order valence-electron chi connectivity index (χ3n) is 5.63. The van der Waals surface area contributed by atoms with Crippen LogP contribution in [0.15, 0.2) is 30.3 Å². The molecule has 0 aliphatic carbocycles. The zero-order chi connectivity index (χ0) is 26.7. The largest absolute Gasteiger partial charge is 0.445 e. The van der Waals surface area contributed by atoms with Gasteiger partial charge in [0.25, 0.3) is 0 Å². The first-order valence-electron chi connectivity index (χ1n) is 12.2. The molecule has 1 saturated heterocycles. The Kier molecular flexibility index (Phi) is 11.3. The van der Waals surface area contributed by atoms with Crippen LogP contribution >= 0.6 is 0 Å². The third-order valence-corrected chi connectivity index (χ3v) is 5.63. The Morgan fingerprint density at radius 1 is 1.03 bits per heavy atom. The van der Waals surface area contributed by atoms with E-state index in [1.54, 1.807) is 13.8 Å². The molecule has 11 heteroatoms. The van der Waals surface area contributed by atoms with Crippen LogP contribution in [0.25, 0.3) is 0 Å². The van der Waals surface area contributed by atoms with Crippen molar-refractivity contribution in [1.82, 2.24) is 26.8 Å². The van der Waals surface area contributed by atoms with Crippen molar-refractivity contribution in [3.63, 3.8) is 0 Å². The zero-order valence-corrected chi connectivity index (χ0v) is 21.3. The highest BCUT2D eigenvalue weighted by Gasteiger charge is 2.33. The van der Waals surface area contributed by atoms with Crippen LogP contribution in [0.5, 0.6) is 0 Å². The lowest BCUT2D eigenvalue weighted by Gasteiger charge is -2.27. The molecule has 4 amide bonds. The maximum absolute atomic E-state index is 13.1. The topological polar surface area (TPSA) is 155 Å². The Hall–Kier alpha value is -3.47. The predicted molar refractivity (Wildman–Crippen MR) is 132 cm³/mol. The van der Waals surface area contributed by atoms with E-state index in [0.29, 0.717) is 19.4 Å². The summed E-state index contributed by atoms with van der Waals surface area (Å²) in [4.78, 5) is 62.8. The minimum absolute atomic E-state index is 0.0443. The molecule has 0 bridgehead atoms. The van der Waals surface area contributed by atoms with Crippen LogP contribution in [-0.2, 0) is 30.5 Å². The smallest absolute Gasteiger partial charge is 0.408 e. The molecule has 1 aliphatic rings. The fourth-order valence-electron chi connectivity index (χ4n) is 3.69. The Balaban J connectivity index is 2.03. The lowest BCUT2D eigenvalue weighted by atomic mass is 9.99. The van der Waals surface area contributed by atoms with Crippen LogP contribution in [0.1, 0.15) is 52.5 Å². The van der Waals surface area contributed by atoms with E-state index >= 15 is 0 Å². The van der Waals surface area contributed by atoms with Crippen molar-refractivity contribution in [1.29, 1.82) is 0 Å². The SMILES string of the molecule is CC(C)CC(NC(=O)C(NC(=O)OCc1ccccc1)C(C)C)C(=O)NC1CCCNNC(=O)C1=O. The van der Waals surface area contributed by atoms with Gasteiger partial charge < -0.3 is 20.7 Å². The lowest BCUT2D eigenvalue weighted by Crippen LogP contribution is -2.59. The van der Waals surface area contributed by atoms with Gasteiger partial charge in [-0.1, -0.05) is 58.0 Å². The molecule has 1 fully saturated rings. The maximum Gasteiger partial charge on any atom is 0.408 e. The fraction of sp³-hybridized carbons (Fsp3) is 0.560. The first-order chi connectivity index (χ1) is 17.1.